The van der Waals surface area contributed by atoms with Gasteiger partial charge in [-0.3, -0.25) is 0 Å². The summed E-state index contributed by atoms with van der Waals surface area (Å²) in [5.74, 6) is -2.19. The van der Waals surface area contributed by atoms with E-state index in [4.69, 9.17) is 4.74 Å². The molecular formula is C30H26F6O2. The van der Waals surface area contributed by atoms with Crippen LogP contribution in [-0.4, -0.2) is 13.0 Å². The Labute approximate surface area is 216 Å². The topological polar surface area (TPSA) is 18.5 Å². The third-order valence-electron chi connectivity index (χ3n) is 6.19. The molecule has 0 spiro atoms. The van der Waals surface area contributed by atoms with Crippen LogP contribution in [0.4, 0.5) is 26.3 Å². The van der Waals surface area contributed by atoms with Crippen LogP contribution in [-0.2, 0) is 12.8 Å². The van der Waals surface area contributed by atoms with Gasteiger partial charge in [0, 0.05) is 17.5 Å². The van der Waals surface area contributed by atoms with Gasteiger partial charge in [0.1, 0.15) is 29.0 Å². The Balaban J connectivity index is 1.49. The van der Waals surface area contributed by atoms with Gasteiger partial charge in [-0.15, -0.1) is 13.2 Å². The zero-order valence-electron chi connectivity index (χ0n) is 20.7. The van der Waals surface area contributed by atoms with E-state index in [1.54, 1.807) is 12.1 Å². The summed E-state index contributed by atoms with van der Waals surface area (Å²) < 4.78 is 91.2. The molecule has 4 rings (SSSR count). The third-order valence-corrected chi connectivity index (χ3v) is 6.19. The minimum absolute atomic E-state index is 0.124. The molecule has 0 heterocycles. The van der Waals surface area contributed by atoms with Crippen molar-refractivity contribution in [2.24, 2.45) is 0 Å². The van der Waals surface area contributed by atoms with Crippen molar-refractivity contribution in [1.29, 1.82) is 0 Å². The molecule has 0 unspecified atom stereocenters. The van der Waals surface area contributed by atoms with Crippen LogP contribution in [0, 0.1) is 17.5 Å². The largest absolute Gasteiger partial charge is 0.573 e. The lowest BCUT2D eigenvalue weighted by Crippen LogP contribution is -2.17. The summed E-state index contributed by atoms with van der Waals surface area (Å²) in [6.07, 6.45) is -1.29. The van der Waals surface area contributed by atoms with Gasteiger partial charge in [0.25, 0.3) is 0 Å². The number of alkyl halides is 3. The first-order valence-electron chi connectivity index (χ1n) is 12.3. The maximum absolute atomic E-state index is 15.2. The Morgan fingerprint density at radius 3 is 2.11 bits per heavy atom. The summed E-state index contributed by atoms with van der Waals surface area (Å²) in [6, 6.07) is 15.5. The summed E-state index contributed by atoms with van der Waals surface area (Å²) in [5, 5.41) is 0.785. The molecule has 0 aliphatic carbocycles. The molecule has 4 aromatic carbocycles. The van der Waals surface area contributed by atoms with E-state index in [2.05, 4.69) is 4.74 Å². The first-order chi connectivity index (χ1) is 18.1. The van der Waals surface area contributed by atoms with Gasteiger partial charge < -0.3 is 9.47 Å². The second-order valence-corrected chi connectivity index (χ2v) is 8.98. The first-order valence-corrected chi connectivity index (χ1v) is 12.3. The molecule has 0 amide bonds. The fourth-order valence-corrected chi connectivity index (χ4v) is 4.27. The summed E-state index contributed by atoms with van der Waals surface area (Å²) in [6.45, 7) is 2.43. The highest BCUT2D eigenvalue weighted by Crippen LogP contribution is 2.33. The Bertz CT molecular complexity index is 1370. The summed E-state index contributed by atoms with van der Waals surface area (Å²) in [4.78, 5) is 0. The quantitative estimate of drug-likeness (QED) is 0.150. The van der Waals surface area contributed by atoms with Crippen molar-refractivity contribution in [1.82, 2.24) is 0 Å². The normalized spacial score (nSPS) is 11.7. The van der Waals surface area contributed by atoms with E-state index in [9.17, 15) is 22.0 Å². The van der Waals surface area contributed by atoms with Gasteiger partial charge in [-0.25, -0.2) is 13.2 Å². The fraction of sp³-hybridized carbons (Fsp3) is 0.267. The fourth-order valence-electron chi connectivity index (χ4n) is 4.27. The van der Waals surface area contributed by atoms with E-state index in [1.807, 2.05) is 6.92 Å². The van der Waals surface area contributed by atoms with Crippen molar-refractivity contribution in [3.05, 3.63) is 95.3 Å². The van der Waals surface area contributed by atoms with Gasteiger partial charge in [0.15, 0.2) is 0 Å². The Kier molecular flexibility index (Phi) is 8.49. The van der Waals surface area contributed by atoms with Gasteiger partial charge in [0.2, 0.25) is 0 Å². The molecule has 0 saturated carbocycles. The monoisotopic (exact) mass is 532 g/mol. The van der Waals surface area contributed by atoms with E-state index in [1.165, 1.54) is 42.5 Å². The number of rotatable bonds is 10. The third kappa shape index (κ3) is 6.79. The van der Waals surface area contributed by atoms with Gasteiger partial charge in [-0.1, -0.05) is 56.2 Å². The molecule has 0 aliphatic rings. The smallest absolute Gasteiger partial charge is 0.493 e. The molecule has 0 aromatic heterocycles. The lowest BCUT2D eigenvalue weighted by atomic mass is 9.96. The lowest BCUT2D eigenvalue weighted by molar-refractivity contribution is -0.274. The van der Waals surface area contributed by atoms with Gasteiger partial charge in [-0.05, 0) is 59.5 Å². The number of aryl methyl sites for hydroxylation is 2. The molecule has 4 aromatic rings. The lowest BCUT2D eigenvalue weighted by Gasteiger charge is -2.12. The molecule has 0 atom stereocenters. The average molecular weight is 533 g/mol. The predicted molar refractivity (Wildman–Crippen MR) is 135 cm³/mol. The van der Waals surface area contributed by atoms with Crippen LogP contribution in [0.1, 0.15) is 37.3 Å². The van der Waals surface area contributed by atoms with Crippen molar-refractivity contribution in [2.45, 2.75) is 45.4 Å². The molecule has 200 valence electrons. The number of unbranched alkanes of at least 4 members (excludes halogenated alkanes) is 2. The van der Waals surface area contributed by atoms with Crippen molar-refractivity contribution in [3.63, 3.8) is 0 Å². The van der Waals surface area contributed by atoms with Crippen molar-refractivity contribution in [2.75, 3.05) is 6.61 Å². The van der Waals surface area contributed by atoms with Gasteiger partial charge in [0.05, 0.1) is 12.2 Å². The van der Waals surface area contributed by atoms with Crippen LogP contribution in [0.5, 0.6) is 11.5 Å². The zero-order chi connectivity index (χ0) is 27.3. The number of hydrogen-bond acceptors (Lipinski definition) is 2. The van der Waals surface area contributed by atoms with E-state index >= 15 is 4.39 Å². The predicted octanol–water partition coefficient (Wildman–Crippen LogP) is 9.18. The van der Waals surface area contributed by atoms with Crippen LogP contribution in [0.2, 0.25) is 0 Å². The van der Waals surface area contributed by atoms with Crippen LogP contribution in [0.3, 0.4) is 0 Å². The molecule has 0 fully saturated rings. The molecule has 2 nitrogen and oxygen atoms in total. The van der Waals surface area contributed by atoms with E-state index in [0.717, 1.165) is 37.0 Å². The molecule has 0 aliphatic heterocycles. The highest BCUT2D eigenvalue weighted by Gasteiger charge is 2.31. The highest BCUT2D eigenvalue weighted by molar-refractivity contribution is 5.88. The SMILES string of the molecule is CCCCCOc1cc(F)c(-c2ccc3c(F)c(CCc4ccc(OC(F)(F)F)cc4)ccc3c2)c(F)c1. The van der Waals surface area contributed by atoms with Crippen molar-refractivity contribution in [3.8, 4) is 22.6 Å². The Hall–Kier alpha value is -3.68. The van der Waals surface area contributed by atoms with Crippen molar-refractivity contribution >= 4 is 10.8 Å². The maximum Gasteiger partial charge on any atom is 0.573 e. The minimum Gasteiger partial charge on any atom is -0.493 e. The molecule has 0 saturated heterocycles. The van der Waals surface area contributed by atoms with Crippen LogP contribution in [0.15, 0.2) is 66.7 Å². The molecule has 0 bridgehead atoms. The second kappa shape index (κ2) is 11.8. The highest BCUT2D eigenvalue weighted by atomic mass is 19.4. The minimum atomic E-state index is -4.76. The molecule has 8 heteroatoms. The average Bonchev–Trinajstić information content (AvgIpc) is 2.86. The van der Waals surface area contributed by atoms with Crippen LogP contribution < -0.4 is 9.47 Å². The van der Waals surface area contributed by atoms with Gasteiger partial charge in [-0.2, -0.15) is 0 Å². The van der Waals surface area contributed by atoms with E-state index < -0.39 is 23.8 Å². The molecule has 0 radical (unpaired) electrons. The summed E-state index contributed by atoms with van der Waals surface area (Å²) in [7, 11) is 0. The number of hydrogen-bond donors (Lipinski definition) is 0. The summed E-state index contributed by atoms with van der Waals surface area (Å²) >= 11 is 0. The second-order valence-electron chi connectivity index (χ2n) is 8.98. The molecule has 0 N–H and O–H groups in total. The number of ether oxygens (including phenoxy) is 2. The molecule has 38 heavy (non-hydrogen) atoms. The zero-order valence-corrected chi connectivity index (χ0v) is 20.7. The number of benzene rings is 4. The number of halogens is 6. The van der Waals surface area contributed by atoms with E-state index in [0.29, 0.717) is 35.8 Å². The maximum atomic E-state index is 15.2. The van der Waals surface area contributed by atoms with Crippen LogP contribution >= 0.6 is 0 Å². The first kappa shape index (κ1) is 27.4. The standard InChI is InChI=1S/C30H26F6O2/c1-2-3-4-15-37-24-17-26(31)28(27(32)18-24)22-11-14-25-21(16-22)10-9-20(29(25)33)8-5-19-6-12-23(13-7-19)38-30(34,35)36/h6-7,9-14,16-18H,2-5,8,15H2,1H3. The molecular weight excluding hydrogens is 506 g/mol. The summed E-state index contributed by atoms with van der Waals surface area (Å²) in [5.41, 5.74) is 1.20. The Morgan fingerprint density at radius 1 is 0.737 bits per heavy atom. The Morgan fingerprint density at radius 2 is 1.45 bits per heavy atom. The van der Waals surface area contributed by atoms with Crippen molar-refractivity contribution < 1.29 is 35.8 Å². The van der Waals surface area contributed by atoms with E-state index in [-0.39, 0.29) is 22.6 Å². The van der Waals surface area contributed by atoms with Gasteiger partial charge >= 0.3 is 6.36 Å². The van der Waals surface area contributed by atoms with Crippen LogP contribution in [0.25, 0.3) is 21.9 Å². The number of fused-ring (bicyclic) bond motifs is 1.